The van der Waals surface area contributed by atoms with Gasteiger partial charge in [0.25, 0.3) is 0 Å². The Morgan fingerprint density at radius 1 is 0.364 bits per heavy atom. The van der Waals surface area contributed by atoms with Crippen molar-refractivity contribution < 1.29 is 21.1 Å². The van der Waals surface area contributed by atoms with Crippen molar-refractivity contribution in [3.63, 3.8) is 0 Å². The standard InChI is InChI=1S/C50H36N4.Pt/c1-29-3-7-33(8-4-29)47-39-19-23-43(51-39)49(37-17-13-31-11-15-35(31)27-37)45-25-21-41(53-45)48(34-9-5-30(2)6-10-34)42-22-26-46(54-42)50(44-24-20-40(47)52-44)38-18-14-32-12-16-36(32)28-38;/h3-10,13-14,17-28H,11-12,15-16H2,1-2H3;/q-2;+2. The smallest absolute Gasteiger partial charge is 0.657 e. The third kappa shape index (κ3) is 5.70. The second kappa shape index (κ2) is 13.2. The minimum absolute atomic E-state index is 0. The number of nitrogens with zero attached hydrogens (tertiary/aromatic N) is 4. The molecule has 0 fully saturated rings. The number of hydrogen-bond acceptors (Lipinski definition) is 2. The van der Waals surface area contributed by atoms with E-state index in [1.807, 2.05) is 0 Å². The normalized spacial score (nSPS) is 13.4. The molecule has 4 aromatic carbocycles. The summed E-state index contributed by atoms with van der Waals surface area (Å²) in [4.78, 5) is 21.8. The van der Waals surface area contributed by atoms with Crippen molar-refractivity contribution in [2.45, 2.75) is 39.5 Å². The topological polar surface area (TPSA) is 54.0 Å². The van der Waals surface area contributed by atoms with Gasteiger partial charge < -0.3 is 9.97 Å². The Hall–Kier alpha value is -5.83. The molecule has 0 radical (unpaired) electrons. The fourth-order valence-electron chi connectivity index (χ4n) is 8.41. The molecule has 55 heavy (non-hydrogen) atoms. The summed E-state index contributed by atoms with van der Waals surface area (Å²) in [5.74, 6) is 0. The SMILES string of the molecule is Cc1ccc(-c2c3nc(c(-c4ccc5c(c4)CC5)c4ccc([n-]4)c(-c4ccc(C)cc4)c4nc(c(-c5ccc6c(c5)CC6)c5ccc2[n-]5)C=C4)C=C3)cc1.[Pt+2]. The second-order valence-electron chi connectivity index (χ2n) is 15.1. The van der Waals surface area contributed by atoms with Crippen LogP contribution in [0.25, 0.3) is 90.9 Å². The van der Waals surface area contributed by atoms with E-state index in [9.17, 15) is 0 Å². The van der Waals surface area contributed by atoms with E-state index in [1.165, 1.54) is 33.4 Å². The predicted molar refractivity (Wildman–Crippen MR) is 223 cm³/mol. The Kier molecular flexibility index (Phi) is 8.08. The monoisotopic (exact) mass is 887 g/mol. The van der Waals surface area contributed by atoms with Crippen LogP contribution in [0.5, 0.6) is 0 Å². The molecule has 5 heterocycles. The van der Waals surface area contributed by atoms with Crippen LogP contribution in [0.2, 0.25) is 0 Å². The first-order valence-corrected chi connectivity index (χ1v) is 19.0. The van der Waals surface area contributed by atoms with Crippen LogP contribution < -0.4 is 9.97 Å². The van der Waals surface area contributed by atoms with E-state index in [0.717, 1.165) is 115 Å². The summed E-state index contributed by atoms with van der Waals surface area (Å²) >= 11 is 0. The van der Waals surface area contributed by atoms with Gasteiger partial charge in [-0.15, -0.1) is 22.1 Å². The van der Waals surface area contributed by atoms with Crippen molar-refractivity contribution >= 4 is 46.4 Å². The maximum absolute atomic E-state index is 5.44. The molecule has 11 rings (SSSR count). The van der Waals surface area contributed by atoms with Crippen molar-refractivity contribution in [1.29, 1.82) is 0 Å². The minimum Gasteiger partial charge on any atom is -0.657 e. The number of benzene rings is 4. The van der Waals surface area contributed by atoms with Gasteiger partial charge in [0.2, 0.25) is 0 Å². The molecule has 2 aliphatic carbocycles. The van der Waals surface area contributed by atoms with Gasteiger partial charge in [-0.1, -0.05) is 120 Å². The molecular weight excluding hydrogens is 852 g/mol. The number of hydrogen-bond donors (Lipinski definition) is 0. The molecular formula is C50H36N4Pt. The van der Waals surface area contributed by atoms with Crippen molar-refractivity contribution in [1.82, 2.24) is 19.9 Å². The molecule has 3 aromatic heterocycles. The van der Waals surface area contributed by atoms with Crippen LogP contribution in [0.1, 0.15) is 56.2 Å². The van der Waals surface area contributed by atoms with E-state index in [-0.39, 0.29) is 21.1 Å². The van der Waals surface area contributed by atoms with Gasteiger partial charge in [0.1, 0.15) is 0 Å². The van der Waals surface area contributed by atoms with Crippen LogP contribution in [0.3, 0.4) is 0 Å². The van der Waals surface area contributed by atoms with E-state index in [2.05, 4.69) is 147 Å². The van der Waals surface area contributed by atoms with E-state index in [4.69, 9.17) is 19.9 Å². The number of aryl methyl sites for hydroxylation is 6. The predicted octanol–water partition coefficient (Wildman–Crippen LogP) is 11.4. The zero-order valence-electron chi connectivity index (χ0n) is 30.6. The molecule has 4 aliphatic rings. The molecule has 0 saturated heterocycles. The number of rotatable bonds is 4. The minimum atomic E-state index is 0. The molecule has 7 aromatic rings. The summed E-state index contributed by atoms with van der Waals surface area (Å²) in [5, 5.41) is 0. The number of aromatic nitrogens is 4. The van der Waals surface area contributed by atoms with Crippen molar-refractivity contribution in [3.8, 4) is 44.5 Å². The summed E-state index contributed by atoms with van der Waals surface area (Å²) in [5.41, 5.74) is 23.8. The van der Waals surface area contributed by atoms with Gasteiger partial charge >= 0.3 is 21.1 Å². The Balaban J connectivity index is 0.00000372. The van der Waals surface area contributed by atoms with Crippen molar-refractivity contribution in [2.24, 2.45) is 0 Å². The van der Waals surface area contributed by atoms with E-state index >= 15 is 0 Å². The summed E-state index contributed by atoms with van der Waals surface area (Å²) in [6.45, 7) is 4.25. The Morgan fingerprint density at radius 3 is 0.982 bits per heavy atom. The van der Waals surface area contributed by atoms with E-state index in [1.54, 1.807) is 0 Å². The molecule has 266 valence electrons. The Morgan fingerprint density at radius 2 is 0.673 bits per heavy atom. The molecule has 0 unspecified atom stereocenters. The fourth-order valence-corrected chi connectivity index (χ4v) is 8.41. The van der Waals surface area contributed by atoms with Gasteiger partial charge in [0.15, 0.2) is 0 Å². The third-order valence-corrected chi connectivity index (χ3v) is 11.6. The van der Waals surface area contributed by atoms with Crippen LogP contribution in [0.15, 0.2) is 109 Å². The first kappa shape index (κ1) is 33.7. The summed E-state index contributed by atoms with van der Waals surface area (Å²) in [6.07, 6.45) is 13.1. The van der Waals surface area contributed by atoms with Gasteiger partial charge in [-0.2, -0.15) is 0 Å². The van der Waals surface area contributed by atoms with Gasteiger partial charge in [-0.3, -0.25) is 0 Å². The maximum Gasteiger partial charge on any atom is 2.00 e. The molecule has 0 atom stereocenters. The molecule has 2 aliphatic heterocycles. The van der Waals surface area contributed by atoms with Crippen LogP contribution in [0.4, 0.5) is 0 Å². The summed E-state index contributed by atoms with van der Waals surface area (Å²) in [7, 11) is 0. The number of fused-ring (bicyclic) bond motifs is 10. The van der Waals surface area contributed by atoms with Crippen molar-refractivity contribution in [3.05, 3.63) is 165 Å². The second-order valence-corrected chi connectivity index (χ2v) is 15.1. The summed E-state index contributed by atoms with van der Waals surface area (Å²) < 4.78 is 0. The zero-order chi connectivity index (χ0) is 35.9. The fraction of sp³-hybridized carbons (Fsp3) is 0.120. The first-order valence-electron chi connectivity index (χ1n) is 19.0. The average molecular weight is 888 g/mol. The molecule has 0 N–H and O–H groups in total. The Labute approximate surface area is 335 Å². The maximum atomic E-state index is 5.44. The summed E-state index contributed by atoms with van der Waals surface area (Å²) in [6, 6.07) is 39.8. The van der Waals surface area contributed by atoms with Gasteiger partial charge in [0.05, 0.1) is 22.8 Å². The van der Waals surface area contributed by atoms with Crippen molar-refractivity contribution in [2.75, 3.05) is 0 Å². The van der Waals surface area contributed by atoms with E-state index in [0.29, 0.717) is 0 Å². The van der Waals surface area contributed by atoms with Crippen LogP contribution >= 0.6 is 0 Å². The van der Waals surface area contributed by atoms with Crippen LogP contribution in [-0.2, 0) is 46.7 Å². The molecule has 0 saturated carbocycles. The van der Waals surface area contributed by atoms with Crippen LogP contribution in [0, 0.1) is 13.8 Å². The quantitative estimate of drug-likeness (QED) is 0.177. The largest absolute Gasteiger partial charge is 2.00 e. The Bertz CT molecular complexity index is 2740. The molecule has 0 spiro atoms. The zero-order valence-corrected chi connectivity index (χ0v) is 32.9. The van der Waals surface area contributed by atoms with Gasteiger partial charge in [-0.25, -0.2) is 9.97 Å². The van der Waals surface area contributed by atoms with E-state index < -0.39 is 0 Å². The van der Waals surface area contributed by atoms with Gasteiger partial charge in [-0.05, 0) is 131 Å². The molecule has 4 nitrogen and oxygen atoms in total. The first-order chi connectivity index (χ1) is 26.5. The molecule has 8 bridgehead atoms. The molecule has 5 heteroatoms. The van der Waals surface area contributed by atoms with Crippen LogP contribution in [-0.4, -0.2) is 9.97 Å². The average Bonchev–Trinajstić information content (AvgIpc) is 3.99. The molecule has 0 amide bonds. The van der Waals surface area contributed by atoms with Gasteiger partial charge in [0, 0.05) is 0 Å². The third-order valence-electron chi connectivity index (χ3n) is 11.6.